The van der Waals surface area contributed by atoms with E-state index in [1.807, 2.05) is 13.8 Å². The molecule has 0 bridgehead atoms. The third kappa shape index (κ3) is 3.72. The first-order chi connectivity index (χ1) is 12.6. The van der Waals surface area contributed by atoms with Crippen molar-refractivity contribution >= 4 is 17.9 Å². The maximum Gasteiger partial charge on any atom is 0.291 e. The molecule has 0 spiro atoms. The van der Waals surface area contributed by atoms with Gasteiger partial charge in [-0.05, 0) is 49.8 Å². The van der Waals surface area contributed by atoms with Gasteiger partial charge in [0.1, 0.15) is 5.70 Å². The molecule has 2 heterocycles. The summed E-state index contributed by atoms with van der Waals surface area (Å²) in [4.78, 5) is 26.8. The van der Waals surface area contributed by atoms with Crippen LogP contribution in [-0.2, 0) is 4.79 Å². The van der Waals surface area contributed by atoms with Gasteiger partial charge in [-0.25, -0.2) is 0 Å². The van der Waals surface area contributed by atoms with Crippen LogP contribution in [0.4, 0.5) is 0 Å². The number of nitrogens with one attached hydrogen (secondary N) is 1. The Hall–Kier alpha value is -3.22. The minimum Gasteiger partial charge on any atom is -0.459 e. The van der Waals surface area contributed by atoms with Crippen LogP contribution in [0.1, 0.15) is 30.0 Å². The number of nitrogens with zero attached hydrogens (tertiary/aromatic N) is 1. The summed E-state index contributed by atoms with van der Waals surface area (Å²) in [6.45, 7) is 5.00. The number of carbonyl (C=O) groups is 2. The highest BCUT2D eigenvalue weighted by Gasteiger charge is 2.20. The molecule has 2 amide bonds. The first-order valence-electron chi connectivity index (χ1n) is 8.37. The molecule has 0 saturated heterocycles. The lowest BCUT2D eigenvalue weighted by Gasteiger charge is -2.20. The van der Waals surface area contributed by atoms with Crippen molar-refractivity contribution in [3.05, 3.63) is 53.6 Å². The lowest BCUT2D eigenvalue weighted by atomic mass is 10.1. The number of likely N-dealkylation sites (N-methyl/N-ethyl adjacent to an activating group) is 1. The quantitative estimate of drug-likeness (QED) is 0.805. The molecular formula is C19H20N2O5. The maximum atomic E-state index is 12.8. The summed E-state index contributed by atoms with van der Waals surface area (Å²) in [6.07, 6.45) is 3.02. The van der Waals surface area contributed by atoms with E-state index in [1.54, 1.807) is 35.2 Å². The van der Waals surface area contributed by atoms with Gasteiger partial charge in [-0.1, -0.05) is 6.07 Å². The molecule has 1 N–H and O–H groups in total. The summed E-state index contributed by atoms with van der Waals surface area (Å²) in [6, 6.07) is 8.47. The number of hydrogen-bond acceptors (Lipinski definition) is 5. The van der Waals surface area contributed by atoms with Gasteiger partial charge < -0.3 is 24.1 Å². The van der Waals surface area contributed by atoms with Gasteiger partial charge in [0.05, 0.1) is 6.26 Å². The second kappa shape index (κ2) is 7.77. The molecule has 0 saturated carbocycles. The van der Waals surface area contributed by atoms with Crippen molar-refractivity contribution in [3.8, 4) is 11.5 Å². The second-order valence-electron chi connectivity index (χ2n) is 5.58. The van der Waals surface area contributed by atoms with Crippen LogP contribution in [0.3, 0.4) is 0 Å². The van der Waals surface area contributed by atoms with Crippen LogP contribution < -0.4 is 14.8 Å². The van der Waals surface area contributed by atoms with Gasteiger partial charge in [0.2, 0.25) is 6.79 Å². The van der Waals surface area contributed by atoms with E-state index < -0.39 is 5.91 Å². The van der Waals surface area contributed by atoms with E-state index in [-0.39, 0.29) is 24.2 Å². The number of benzene rings is 1. The number of hydrogen-bond donors (Lipinski definition) is 1. The Morgan fingerprint density at radius 2 is 1.92 bits per heavy atom. The van der Waals surface area contributed by atoms with E-state index in [9.17, 15) is 9.59 Å². The van der Waals surface area contributed by atoms with Crippen LogP contribution in [0.5, 0.6) is 11.5 Å². The molecule has 1 aliphatic heterocycles. The largest absolute Gasteiger partial charge is 0.459 e. The van der Waals surface area contributed by atoms with Crippen molar-refractivity contribution in [2.45, 2.75) is 13.8 Å². The van der Waals surface area contributed by atoms with E-state index in [0.717, 1.165) is 0 Å². The average molecular weight is 356 g/mol. The van der Waals surface area contributed by atoms with Crippen LogP contribution in [0.25, 0.3) is 6.08 Å². The molecule has 0 atom stereocenters. The molecule has 1 aliphatic rings. The summed E-state index contributed by atoms with van der Waals surface area (Å²) in [5.74, 6) is 0.633. The summed E-state index contributed by atoms with van der Waals surface area (Å²) < 4.78 is 15.8. The second-order valence-corrected chi connectivity index (χ2v) is 5.58. The molecule has 0 aliphatic carbocycles. The van der Waals surface area contributed by atoms with Gasteiger partial charge in [-0.2, -0.15) is 0 Å². The van der Waals surface area contributed by atoms with E-state index in [4.69, 9.17) is 13.9 Å². The minimum atomic E-state index is -0.484. The minimum absolute atomic E-state index is 0.133. The standard InChI is InChI=1S/C19H20N2O5/c1-3-21(4-2)19(23)14(20-18(22)16-6-5-9-24-16)10-13-7-8-15-17(11-13)26-12-25-15/h5-11H,3-4,12H2,1-2H3,(H,20,22). The molecule has 7 heteroatoms. The number of amides is 2. The summed E-state index contributed by atoms with van der Waals surface area (Å²) >= 11 is 0. The molecule has 0 fully saturated rings. The van der Waals surface area contributed by atoms with E-state index in [1.165, 1.54) is 12.3 Å². The van der Waals surface area contributed by atoms with Crippen molar-refractivity contribution in [2.75, 3.05) is 19.9 Å². The van der Waals surface area contributed by atoms with Gasteiger partial charge in [-0.3, -0.25) is 9.59 Å². The number of carbonyl (C=O) groups excluding carboxylic acids is 2. The number of ether oxygens (including phenoxy) is 2. The smallest absolute Gasteiger partial charge is 0.291 e. The zero-order valence-electron chi connectivity index (χ0n) is 14.7. The van der Waals surface area contributed by atoms with E-state index >= 15 is 0 Å². The highest BCUT2D eigenvalue weighted by molar-refractivity contribution is 6.04. The Kier molecular flexibility index (Phi) is 5.26. The van der Waals surface area contributed by atoms with Gasteiger partial charge in [0.25, 0.3) is 11.8 Å². The summed E-state index contributed by atoms with van der Waals surface area (Å²) in [7, 11) is 0. The normalized spacial score (nSPS) is 12.8. The first kappa shape index (κ1) is 17.6. The maximum absolute atomic E-state index is 12.8. The lowest BCUT2D eigenvalue weighted by Crippen LogP contribution is -2.38. The first-order valence-corrected chi connectivity index (χ1v) is 8.37. The van der Waals surface area contributed by atoms with Crippen LogP contribution >= 0.6 is 0 Å². The molecular weight excluding hydrogens is 336 g/mol. The molecule has 1 aromatic heterocycles. The van der Waals surface area contributed by atoms with Crippen molar-refractivity contribution < 1.29 is 23.5 Å². The van der Waals surface area contributed by atoms with Crippen LogP contribution in [0, 0.1) is 0 Å². The van der Waals surface area contributed by atoms with Gasteiger partial charge in [-0.15, -0.1) is 0 Å². The Balaban J connectivity index is 1.91. The van der Waals surface area contributed by atoms with Crippen LogP contribution in [0.2, 0.25) is 0 Å². The van der Waals surface area contributed by atoms with Crippen molar-refractivity contribution in [3.63, 3.8) is 0 Å². The zero-order valence-corrected chi connectivity index (χ0v) is 14.7. The van der Waals surface area contributed by atoms with Gasteiger partial charge in [0, 0.05) is 13.1 Å². The predicted molar refractivity (Wildman–Crippen MR) is 94.6 cm³/mol. The molecule has 0 unspecified atom stereocenters. The number of furan rings is 1. The predicted octanol–water partition coefficient (Wildman–Crippen LogP) is 2.65. The fourth-order valence-corrected chi connectivity index (χ4v) is 2.59. The Morgan fingerprint density at radius 3 is 2.62 bits per heavy atom. The Bertz CT molecular complexity index is 822. The topological polar surface area (TPSA) is 81.0 Å². The summed E-state index contributed by atoms with van der Waals surface area (Å²) in [5.41, 5.74) is 0.874. The fourth-order valence-electron chi connectivity index (χ4n) is 2.59. The monoisotopic (exact) mass is 356 g/mol. The lowest BCUT2D eigenvalue weighted by molar-refractivity contribution is -0.127. The van der Waals surface area contributed by atoms with Crippen molar-refractivity contribution in [1.82, 2.24) is 10.2 Å². The third-order valence-electron chi connectivity index (χ3n) is 3.98. The van der Waals surface area contributed by atoms with Crippen LogP contribution in [0.15, 0.2) is 46.7 Å². The molecule has 2 aromatic rings. The fraction of sp³-hybridized carbons (Fsp3) is 0.263. The Labute approximate surface area is 151 Å². The average Bonchev–Trinajstić information content (AvgIpc) is 3.33. The molecule has 7 nitrogen and oxygen atoms in total. The molecule has 0 radical (unpaired) electrons. The number of fused-ring (bicyclic) bond motifs is 1. The van der Waals surface area contributed by atoms with E-state index in [0.29, 0.717) is 30.2 Å². The highest BCUT2D eigenvalue weighted by atomic mass is 16.7. The summed E-state index contributed by atoms with van der Waals surface area (Å²) in [5, 5.41) is 2.65. The van der Waals surface area contributed by atoms with E-state index in [2.05, 4.69) is 5.32 Å². The van der Waals surface area contributed by atoms with Crippen LogP contribution in [-0.4, -0.2) is 36.6 Å². The SMILES string of the molecule is CCN(CC)C(=O)C(=Cc1ccc2c(c1)OCO2)NC(=O)c1ccco1. The number of rotatable bonds is 6. The molecule has 3 rings (SSSR count). The highest BCUT2D eigenvalue weighted by Crippen LogP contribution is 2.33. The Morgan fingerprint density at radius 1 is 1.15 bits per heavy atom. The van der Waals surface area contributed by atoms with Gasteiger partial charge >= 0.3 is 0 Å². The molecule has 26 heavy (non-hydrogen) atoms. The zero-order chi connectivity index (χ0) is 18.5. The van der Waals surface area contributed by atoms with Crippen molar-refractivity contribution in [1.29, 1.82) is 0 Å². The molecule has 1 aromatic carbocycles. The van der Waals surface area contributed by atoms with Crippen molar-refractivity contribution in [2.24, 2.45) is 0 Å². The third-order valence-corrected chi connectivity index (χ3v) is 3.98. The molecule has 136 valence electrons. The van der Waals surface area contributed by atoms with Gasteiger partial charge in [0.15, 0.2) is 17.3 Å².